The molecule has 0 spiro atoms. The highest BCUT2D eigenvalue weighted by Crippen LogP contribution is 2.13. The highest BCUT2D eigenvalue weighted by Gasteiger charge is 2.22. The summed E-state index contributed by atoms with van der Waals surface area (Å²) in [6.45, 7) is 10.4. The van der Waals surface area contributed by atoms with Gasteiger partial charge >= 0.3 is 0 Å². The number of rotatable bonds is 8. The minimum absolute atomic E-state index is 0.329. The van der Waals surface area contributed by atoms with E-state index in [-0.39, 0.29) is 0 Å². The molecular weight excluding hydrogens is 256 g/mol. The summed E-state index contributed by atoms with van der Waals surface area (Å²) in [4.78, 5) is 0. The minimum atomic E-state index is 0.329. The molecule has 20 heavy (non-hydrogen) atoms. The van der Waals surface area contributed by atoms with E-state index in [1.165, 1.54) is 11.1 Å². The van der Waals surface area contributed by atoms with E-state index in [9.17, 15) is 0 Å². The minimum Gasteiger partial charge on any atom is -0.374 e. The third-order valence-electron chi connectivity index (χ3n) is 2.94. The molecular formula is C16H22O4. The Morgan fingerprint density at radius 3 is 1.80 bits per heavy atom. The normalized spacial score (nSPS) is 22.8. The van der Waals surface area contributed by atoms with E-state index in [0.717, 1.165) is 13.2 Å². The van der Waals surface area contributed by atoms with E-state index in [1.807, 2.05) is 6.07 Å². The zero-order valence-electron chi connectivity index (χ0n) is 11.8. The molecule has 2 aliphatic rings. The van der Waals surface area contributed by atoms with Crippen LogP contribution >= 0.6 is 0 Å². The SMILES string of the molecule is C=C.c1cc(COCC2CO2)cc(COCC2CO2)c1. The lowest BCUT2D eigenvalue weighted by Gasteiger charge is -2.06. The molecule has 4 nitrogen and oxygen atoms in total. The zero-order chi connectivity index (χ0) is 14.2. The van der Waals surface area contributed by atoms with Gasteiger partial charge in [-0.25, -0.2) is 0 Å². The summed E-state index contributed by atoms with van der Waals surface area (Å²) >= 11 is 0. The molecule has 2 aliphatic heterocycles. The Bertz CT molecular complexity index is 366. The first-order valence-electron chi connectivity index (χ1n) is 6.86. The fourth-order valence-corrected chi connectivity index (χ4v) is 1.75. The predicted octanol–water partition coefficient (Wildman–Crippen LogP) is 2.32. The summed E-state index contributed by atoms with van der Waals surface area (Å²) in [6, 6.07) is 8.31. The Hall–Kier alpha value is -1.20. The fourth-order valence-electron chi connectivity index (χ4n) is 1.75. The van der Waals surface area contributed by atoms with Crippen molar-refractivity contribution < 1.29 is 18.9 Å². The van der Waals surface area contributed by atoms with E-state index >= 15 is 0 Å². The lowest BCUT2D eigenvalue weighted by Crippen LogP contribution is -2.03. The average Bonchev–Trinajstić information content (AvgIpc) is 3.37. The van der Waals surface area contributed by atoms with Gasteiger partial charge in [0, 0.05) is 0 Å². The van der Waals surface area contributed by atoms with Crippen molar-refractivity contribution in [2.75, 3.05) is 26.4 Å². The molecule has 0 saturated carbocycles. The maximum Gasteiger partial charge on any atom is 0.104 e. The number of hydrogen-bond donors (Lipinski definition) is 0. The summed E-state index contributed by atoms with van der Waals surface area (Å²) in [5.41, 5.74) is 2.36. The zero-order valence-corrected chi connectivity index (χ0v) is 11.8. The van der Waals surface area contributed by atoms with Crippen LogP contribution in [0.3, 0.4) is 0 Å². The maximum atomic E-state index is 5.57. The Balaban J connectivity index is 0.000000704. The van der Waals surface area contributed by atoms with Crippen molar-refractivity contribution in [3.05, 3.63) is 48.6 Å². The van der Waals surface area contributed by atoms with E-state index < -0.39 is 0 Å². The van der Waals surface area contributed by atoms with E-state index in [4.69, 9.17) is 18.9 Å². The Kier molecular flexibility index (Phi) is 6.21. The van der Waals surface area contributed by atoms with E-state index in [2.05, 4.69) is 31.4 Å². The molecule has 0 N–H and O–H groups in total. The maximum absolute atomic E-state index is 5.57. The second kappa shape index (κ2) is 8.17. The Morgan fingerprint density at radius 1 is 0.950 bits per heavy atom. The molecule has 1 aromatic carbocycles. The van der Waals surface area contributed by atoms with Crippen molar-refractivity contribution in [2.45, 2.75) is 25.4 Å². The molecule has 2 fully saturated rings. The van der Waals surface area contributed by atoms with Gasteiger partial charge in [-0.05, 0) is 11.1 Å². The van der Waals surface area contributed by atoms with Crippen LogP contribution in [0, 0.1) is 0 Å². The van der Waals surface area contributed by atoms with Crippen LogP contribution in [-0.4, -0.2) is 38.6 Å². The molecule has 110 valence electrons. The van der Waals surface area contributed by atoms with E-state index in [0.29, 0.717) is 38.6 Å². The Morgan fingerprint density at radius 2 is 1.40 bits per heavy atom. The van der Waals surface area contributed by atoms with Crippen molar-refractivity contribution in [3.63, 3.8) is 0 Å². The molecule has 2 unspecified atom stereocenters. The van der Waals surface area contributed by atoms with Crippen LogP contribution in [-0.2, 0) is 32.2 Å². The van der Waals surface area contributed by atoms with Crippen LogP contribution in [0.1, 0.15) is 11.1 Å². The number of hydrogen-bond acceptors (Lipinski definition) is 4. The number of epoxide rings is 2. The van der Waals surface area contributed by atoms with Crippen LogP contribution in [0.4, 0.5) is 0 Å². The molecule has 4 heteroatoms. The van der Waals surface area contributed by atoms with Gasteiger partial charge < -0.3 is 18.9 Å². The molecule has 3 rings (SSSR count). The van der Waals surface area contributed by atoms with Crippen LogP contribution in [0.15, 0.2) is 37.4 Å². The first kappa shape index (κ1) is 15.2. The van der Waals surface area contributed by atoms with Crippen molar-refractivity contribution in [2.24, 2.45) is 0 Å². The van der Waals surface area contributed by atoms with Crippen LogP contribution in [0.5, 0.6) is 0 Å². The summed E-state index contributed by atoms with van der Waals surface area (Å²) in [7, 11) is 0. The molecule has 0 aromatic heterocycles. The van der Waals surface area contributed by atoms with E-state index in [1.54, 1.807) is 0 Å². The second-order valence-electron chi connectivity index (χ2n) is 4.76. The van der Waals surface area contributed by atoms with Gasteiger partial charge in [-0.1, -0.05) is 24.3 Å². The van der Waals surface area contributed by atoms with Crippen molar-refractivity contribution in [1.82, 2.24) is 0 Å². The number of benzene rings is 1. The fraction of sp³-hybridized carbons (Fsp3) is 0.500. The quantitative estimate of drug-likeness (QED) is 0.540. The third-order valence-corrected chi connectivity index (χ3v) is 2.94. The first-order chi connectivity index (χ1) is 9.90. The largest absolute Gasteiger partial charge is 0.374 e. The molecule has 0 aliphatic carbocycles. The van der Waals surface area contributed by atoms with Crippen molar-refractivity contribution >= 4 is 0 Å². The first-order valence-corrected chi connectivity index (χ1v) is 6.86. The summed E-state index contributed by atoms with van der Waals surface area (Å²) < 4.78 is 21.3. The Labute approximate surface area is 120 Å². The predicted molar refractivity (Wildman–Crippen MR) is 76.5 cm³/mol. The molecule has 0 amide bonds. The van der Waals surface area contributed by atoms with Gasteiger partial charge in [0.25, 0.3) is 0 Å². The van der Waals surface area contributed by atoms with Crippen LogP contribution in [0.25, 0.3) is 0 Å². The van der Waals surface area contributed by atoms with Crippen LogP contribution in [0.2, 0.25) is 0 Å². The van der Waals surface area contributed by atoms with Crippen molar-refractivity contribution in [3.8, 4) is 0 Å². The van der Waals surface area contributed by atoms with Gasteiger partial charge in [0.2, 0.25) is 0 Å². The highest BCUT2D eigenvalue weighted by molar-refractivity contribution is 5.22. The molecule has 2 atom stereocenters. The summed E-state index contributed by atoms with van der Waals surface area (Å²) in [6.07, 6.45) is 0.658. The van der Waals surface area contributed by atoms with Gasteiger partial charge in [0.05, 0.1) is 39.6 Å². The lowest BCUT2D eigenvalue weighted by atomic mass is 10.1. The smallest absolute Gasteiger partial charge is 0.104 e. The van der Waals surface area contributed by atoms with Gasteiger partial charge in [0.1, 0.15) is 12.2 Å². The average molecular weight is 278 g/mol. The van der Waals surface area contributed by atoms with Crippen LogP contribution < -0.4 is 0 Å². The highest BCUT2D eigenvalue weighted by atomic mass is 16.6. The summed E-state index contributed by atoms with van der Waals surface area (Å²) in [5, 5.41) is 0. The standard InChI is InChI=1S/C14H18O4.C2H4/c1-2-11(5-15-7-13-9-17-13)4-12(3-1)6-16-8-14-10-18-14;1-2/h1-4,13-14H,5-10H2;1-2H2. The van der Waals surface area contributed by atoms with Gasteiger partial charge in [0.15, 0.2) is 0 Å². The van der Waals surface area contributed by atoms with Gasteiger partial charge in [-0.15, -0.1) is 13.2 Å². The van der Waals surface area contributed by atoms with Gasteiger partial charge in [-0.2, -0.15) is 0 Å². The molecule has 2 saturated heterocycles. The molecule has 2 heterocycles. The topological polar surface area (TPSA) is 43.5 Å². The molecule has 1 aromatic rings. The monoisotopic (exact) mass is 278 g/mol. The molecule has 0 radical (unpaired) electrons. The third kappa shape index (κ3) is 5.84. The van der Waals surface area contributed by atoms with Gasteiger partial charge in [-0.3, -0.25) is 0 Å². The van der Waals surface area contributed by atoms with Crippen molar-refractivity contribution in [1.29, 1.82) is 0 Å². The summed E-state index contributed by atoms with van der Waals surface area (Å²) in [5.74, 6) is 0. The second-order valence-corrected chi connectivity index (χ2v) is 4.76. The number of ether oxygens (including phenoxy) is 4. The lowest BCUT2D eigenvalue weighted by molar-refractivity contribution is 0.100. The molecule has 0 bridgehead atoms.